The smallest absolute Gasteiger partial charge is 0.226 e. The Morgan fingerprint density at radius 3 is 2.94 bits per heavy atom. The third-order valence-electron chi connectivity index (χ3n) is 2.57. The lowest BCUT2D eigenvalue weighted by molar-refractivity contribution is 0.936. The maximum Gasteiger partial charge on any atom is 0.226 e. The third kappa shape index (κ3) is 1.43. The van der Waals surface area contributed by atoms with Gasteiger partial charge < -0.3 is 5.32 Å². The fourth-order valence-corrected chi connectivity index (χ4v) is 1.72. The van der Waals surface area contributed by atoms with Crippen molar-refractivity contribution in [1.29, 1.82) is 0 Å². The molecule has 0 aromatic carbocycles. The van der Waals surface area contributed by atoms with Crippen LogP contribution in [-0.2, 0) is 0 Å². The summed E-state index contributed by atoms with van der Waals surface area (Å²) in [5.74, 6) is 2.18. The molecule has 0 spiro atoms. The van der Waals surface area contributed by atoms with E-state index in [0.29, 0.717) is 11.6 Å². The average molecular weight is 229 g/mol. The Morgan fingerprint density at radius 1 is 1.35 bits per heavy atom. The zero-order chi connectivity index (χ0) is 11.8. The lowest BCUT2D eigenvalue weighted by Gasteiger charge is -2.07. The quantitative estimate of drug-likeness (QED) is 0.681. The Hall–Kier alpha value is -2.44. The van der Waals surface area contributed by atoms with Crippen LogP contribution in [0.25, 0.3) is 16.9 Å². The highest BCUT2D eigenvalue weighted by atomic mass is 15.2. The van der Waals surface area contributed by atoms with Crippen LogP contribution in [0.2, 0.25) is 0 Å². The van der Waals surface area contributed by atoms with Gasteiger partial charge in [-0.3, -0.25) is 9.67 Å². The molecular weight excluding hydrogens is 218 g/mol. The SMILES string of the molecule is CNc1nc(-n2ccnc2C)c2cn[nH]c2n1. The second-order valence-corrected chi connectivity index (χ2v) is 3.60. The van der Waals surface area contributed by atoms with E-state index in [9.17, 15) is 0 Å². The van der Waals surface area contributed by atoms with Gasteiger partial charge in [0, 0.05) is 19.4 Å². The summed E-state index contributed by atoms with van der Waals surface area (Å²) in [6, 6.07) is 0. The van der Waals surface area contributed by atoms with Gasteiger partial charge in [0.25, 0.3) is 0 Å². The number of aryl methyl sites for hydroxylation is 1. The van der Waals surface area contributed by atoms with E-state index >= 15 is 0 Å². The van der Waals surface area contributed by atoms with Gasteiger partial charge in [-0.2, -0.15) is 15.1 Å². The van der Waals surface area contributed by atoms with Crippen molar-refractivity contribution in [1.82, 2.24) is 29.7 Å². The zero-order valence-corrected chi connectivity index (χ0v) is 9.47. The van der Waals surface area contributed by atoms with E-state index in [2.05, 4.69) is 30.5 Å². The molecule has 0 unspecified atom stereocenters. The highest BCUT2D eigenvalue weighted by molar-refractivity contribution is 5.82. The molecule has 0 aliphatic carbocycles. The first-order valence-electron chi connectivity index (χ1n) is 5.19. The maximum atomic E-state index is 4.44. The molecule has 3 aromatic rings. The van der Waals surface area contributed by atoms with Crippen LogP contribution in [-0.4, -0.2) is 36.8 Å². The summed E-state index contributed by atoms with van der Waals surface area (Å²) in [4.78, 5) is 12.9. The van der Waals surface area contributed by atoms with E-state index in [1.165, 1.54) is 0 Å². The lowest BCUT2D eigenvalue weighted by atomic mass is 10.4. The monoisotopic (exact) mass is 229 g/mol. The highest BCUT2D eigenvalue weighted by Gasteiger charge is 2.11. The van der Waals surface area contributed by atoms with Crippen molar-refractivity contribution in [3.63, 3.8) is 0 Å². The normalized spacial score (nSPS) is 10.9. The van der Waals surface area contributed by atoms with Crippen molar-refractivity contribution in [3.8, 4) is 5.82 Å². The predicted octanol–water partition coefficient (Wildman–Crippen LogP) is 0.889. The molecule has 7 heteroatoms. The summed E-state index contributed by atoms with van der Waals surface area (Å²) >= 11 is 0. The van der Waals surface area contributed by atoms with E-state index in [1.807, 2.05) is 17.7 Å². The molecule has 0 radical (unpaired) electrons. The molecule has 0 saturated heterocycles. The van der Waals surface area contributed by atoms with Gasteiger partial charge in [0.15, 0.2) is 11.5 Å². The number of aromatic nitrogens is 6. The number of nitrogens with zero attached hydrogens (tertiary/aromatic N) is 5. The highest BCUT2D eigenvalue weighted by Crippen LogP contribution is 2.19. The molecule has 17 heavy (non-hydrogen) atoms. The zero-order valence-electron chi connectivity index (χ0n) is 9.47. The number of hydrogen-bond donors (Lipinski definition) is 2. The van der Waals surface area contributed by atoms with Crippen molar-refractivity contribution in [2.75, 3.05) is 12.4 Å². The number of hydrogen-bond acceptors (Lipinski definition) is 5. The van der Waals surface area contributed by atoms with Crippen LogP contribution in [0, 0.1) is 6.92 Å². The van der Waals surface area contributed by atoms with Crippen molar-refractivity contribution < 1.29 is 0 Å². The number of rotatable bonds is 2. The molecule has 3 rings (SSSR count). The second-order valence-electron chi connectivity index (χ2n) is 3.60. The first kappa shape index (κ1) is 9.76. The molecule has 0 bridgehead atoms. The number of aromatic amines is 1. The van der Waals surface area contributed by atoms with Crippen molar-refractivity contribution in [3.05, 3.63) is 24.4 Å². The Balaban J connectivity index is 2.34. The van der Waals surface area contributed by atoms with Gasteiger partial charge in [-0.15, -0.1) is 0 Å². The van der Waals surface area contributed by atoms with Crippen molar-refractivity contribution in [2.24, 2.45) is 0 Å². The summed E-state index contributed by atoms with van der Waals surface area (Å²) in [7, 11) is 1.78. The fourth-order valence-electron chi connectivity index (χ4n) is 1.72. The van der Waals surface area contributed by atoms with E-state index in [0.717, 1.165) is 17.0 Å². The molecular formula is C10H11N7. The Bertz CT molecular complexity index is 666. The van der Waals surface area contributed by atoms with Crippen LogP contribution in [0.15, 0.2) is 18.6 Å². The van der Waals surface area contributed by atoms with Crippen molar-refractivity contribution in [2.45, 2.75) is 6.92 Å². The lowest BCUT2D eigenvalue weighted by Crippen LogP contribution is -2.04. The van der Waals surface area contributed by atoms with Crippen LogP contribution < -0.4 is 5.32 Å². The summed E-state index contributed by atoms with van der Waals surface area (Å²) in [5, 5.41) is 10.6. The summed E-state index contributed by atoms with van der Waals surface area (Å²) < 4.78 is 1.90. The van der Waals surface area contributed by atoms with Crippen LogP contribution in [0.3, 0.4) is 0 Å². The minimum absolute atomic E-state index is 0.546. The Labute approximate surface area is 96.9 Å². The van der Waals surface area contributed by atoms with Gasteiger partial charge >= 0.3 is 0 Å². The first-order valence-corrected chi connectivity index (χ1v) is 5.19. The molecule has 0 amide bonds. The van der Waals surface area contributed by atoms with E-state index in [1.54, 1.807) is 19.4 Å². The number of fused-ring (bicyclic) bond motifs is 1. The van der Waals surface area contributed by atoms with Crippen molar-refractivity contribution >= 4 is 17.0 Å². The summed E-state index contributed by atoms with van der Waals surface area (Å²) in [5.41, 5.74) is 0.701. The number of nitrogens with one attached hydrogen (secondary N) is 2. The first-order chi connectivity index (χ1) is 8.29. The summed E-state index contributed by atoms with van der Waals surface area (Å²) in [6.45, 7) is 1.92. The predicted molar refractivity (Wildman–Crippen MR) is 63.1 cm³/mol. The van der Waals surface area contributed by atoms with Gasteiger partial charge in [0.1, 0.15) is 5.82 Å². The minimum atomic E-state index is 0.546. The summed E-state index contributed by atoms with van der Waals surface area (Å²) in [6.07, 6.45) is 5.31. The van der Waals surface area contributed by atoms with Gasteiger partial charge in [0.2, 0.25) is 5.95 Å². The standard InChI is InChI=1S/C10H11N7/c1-6-12-3-4-17(6)9-7-5-13-16-8(7)14-10(11-2)15-9/h3-5H,1-2H3,(H2,11,13,14,15,16). The molecule has 86 valence electrons. The largest absolute Gasteiger partial charge is 0.357 e. The molecule has 2 N–H and O–H groups in total. The Morgan fingerprint density at radius 2 is 2.24 bits per heavy atom. The van der Waals surface area contributed by atoms with Gasteiger partial charge in [0.05, 0.1) is 11.6 Å². The van der Waals surface area contributed by atoms with Gasteiger partial charge in [-0.25, -0.2) is 4.98 Å². The molecule has 3 heterocycles. The molecule has 7 nitrogen and oxygen atoms in total. The topological polar surface area (TPSA) is 84.3 Å². The van der Waals surface area contributed by atoms with E-state index in [4.69, 9.17) is 0 Å². The number of imidazole rings is 1. The number of anilines is 1. The van der Waals surface area contributed by atoms with Crippen LogP contribution in [0.5, 0.6) is 0 Å². The second kappa shape index (κ2) is 3.55. The molecule has 3 aromatic heterocycles. The number of H-pyrrole nitrogens is 1. The molecule has 0 atom stereocenters. The van der Waals surface area contributed by atoms with Gasteiger partial charge in [-0.1, -0.05) is 0 Å². The molecule has 0 fully saturated rings. The molecule has 0 saturated carbocycles. The van der Waals surface area contributed by atoms with E-state index in [-0.39, 0.29) is 0 Å². The van der Waals surface area contributed by atoms with Crippen LogP contribution in [0.1, 0.15) is 5.82 Å². The maximum absolute atomic E-state index is 4.44. The fraction of sp³-hybridized carbons (Fsp3) is 0.200. The molecule has 0 aliphatic heterocycles. The van der Waals surface area contributed by atoms with Crippen LogP contribution >= 0.6 is 0 Å². The third-order valence-corrected chi connectivity index (χ3v) is 2.57. The minimum Gasteiger partial charge on any atom is -0.357 e. The van der Waals surface area contributed by atoms with Crippen LogP contribution in [0.4, 0.5) is 5.95 Å². The average Bonchev–Trinajstić information content (AvgIpc) is 2.95. The van der Waals surface area contributed by atoms with Gasteiger partial charge in [-0.05, 0) is 6.92 Å². The van der Waals surface area contributed by atoms with E-state index < -0.39 is 0 Å². The molecule has 0 aliphatic rings. The Kier molecular flexibility index (Phi) is 2.04.